The average molecular weight is 403 g/mol. The van der Waals surface area contributed by atoms with Crippen LogP contribution in [0.4, 0.5) is 11.8 Å². The highest BCUT2D eigenvalue weighted by Crippen LogP contribution is 2.28. The molecule has 8 heteroatoms. The molecule has 0 unspecified atom stereocenters. The summed E-state index contributed by atoms with van der Waals surface area (Å²) in [7, 11) is 0. The first-order chi connectivity index (χ1) is 14.6. The Bertz CT molecular complexity index is 1030. The van der Waals surface area contributed by atoms with Crippen molar-refractivity contribution in [3.63, 3.8) is 0 Å². The maximum absolute atomic E-state index is 12.6. The van der Waals surface area contributed by atoms with Gasteiger partial charge in [-0.15, -0.1) is 0 Å². The number of aromatic nitrogens is 5. The minimum atomic E-state index is 0.0188. The van der Waals surface area contributed by atoms with Crippen LogP contribution < -0.4 is 5.32 Å². The van der Waals surface area contributed by atoms with E-state index in [0.29, 0.717) is 18.3 Å². The Morgan fingerprint density at radius 1 is 1.27 bits per heavy atom. The van der Waals surface area contributed by atoms with Crippen LogP contribution in [0.15, 0.2) is 43.0 Å². The van der Waals surface area contributed by atoms with Crippen LogP contribution in [0.5, 0.6) is 0 Å². The summed E-state index contributed by atoms with van der Waals surface area (Å²) in [4.78, 5) is 34.7. The van der Waals surface area contributed by atoms with E-state index in [9.17, 15) is 4.79 Å². The summed E-state index contributed by atoms with van der Waals surface area (Å²) in [5, 5.41) is 3.20. The number of piperidine rings is 1. The fraction of sp³-hybridized carbons (Fsp3) is 0.318. The Morgan fingerprint density at radius 3 is 2.87 bits per heavy atom. The number of pyridine rings is 1. The lowest BCUT2D eigenvalue weighted by Gasteiger charge is -2.32. The molecule has 2 N–H and O–H groups in total. The number of aromatic amines is 1. The molecule has 1 aliphatic rings. The molecule has 1 amide bonds. The van der Waals surface area contributed by atoms with Crippen molar-refractivity contribution in [1.29, 1.82) is 0 Å². The Labute approximate surface area is 175 Å². The molecule has 1 fully saturated rings. The predicted octanol–water partition coefficient (Wildman–Crippen LogP) is 3.37. The molecule has 3 aromatic rings. The highest BCUT2D eigenvalue weighted by molar-refractivity contribution is 5.91. The molecular formula is C22H25N7O. The molecule has 0 bridgehead atoms. The van der Waals surface area contributed by atoms with E-state index in [4.69, 9.17) is 0 Å². The van der Waals surface area contributed by atoms with Gasteiger partial charge in [-0.25, -0.2) is 19.9 Å². The van der Waals surface area contributed by atoms with Gasteiger partial charge < -0.3 is 15.2 Å². The first-order valence-electron chi connectivity index (χ1n) is 10.1. The number of nitrogens with one attached hydrogen (secondary N) is 2. The van der Waals surface area contributed by atoms with E-state index in [0.717, 1.165) is 42.0 Å². The van der Waals surface area contributed by atoms with Crippen molar-refractivity contribution in [1.82, 2.24) is 29.8 Å². The van der Waals surface area contributed by atoms with Gasteiger partial charge in [0.1, 0.15) is 5.82 Å². The summed E-state index contributed by atoms with van der Waals surface area (Å²) in [5.41, 5.74) is 3.79. The van der Waals surface area contributed by atoms with Crippen molar-refractivity contribution in [2.24, 2.45) is 0 Å². The third-order valence-corrected chi connectivity index (χ3v) is 5.14. The van der Waals surface area contributed by atoms with Gasteiger partial charge in [-0.3, -0.25) is 4.79 Å². The van der Waals surface area contributed by atoms with Crippen LogP contribution in [0.3, 0.4) is 0 Å². The monoisotopic (exact) mass is 403 g/mol. The summed E-state index contributed by atoms with van der Waals surface area (Å²) in [6.07, 6.45) is 10.5. The molecule has 0 aromatic carbocycles. The number of H-pyrrole nitrogens is 1. The molecule has 3 aromatic heterocycles. The molecule has 1 saturated heterocycles. The molecule has 0 saturated carbocycles. The third-order valence-electron chi connectivity index (χ3n) is 5.14. The predicted molar refractivity (Wildman–Crippen MR) is 115 cm³/mol. The molecular weight excluding hydrogens is 378 g/mol. The second kappa shape index (κ2) is 8.86. The SMILES string of the molecule is Cc1cc(C)nc(Nc2cc([C@@H]3CCCN(C(=O)/C=C/c4cnc[nH]4)C3)ccn2)n1. The molecule has 4 rings (SSSR count). The quantitative estimate of drug-likeness (QED) is 0.634. The van der Waals surface area contributed by atoms with Crippen LogP contribution in [0, 0.1) is 13.8 Å². The summed E-state index contributed by atoms with van der Waals surface area (Å²) < 4.78 is 0. The molecule has 1 aliphatic heterocycles. The fourth-order valence-electron chi connectivity index (χ4n) is 3.74. The van der Waals surface area contributed by atoms with Crippen molar-refractivity contribution in [2.75, 3.05) is 18.4 Å². The summed E-state index contributed by atoms with van der Waals surface area (Å²) >= 11 is 0. The van der Waals surface area contributed by atoms with E-state index < -0.39 is 0 Å². The molecule has 0 radical (unpaired) electrons. The number of amides is 1. The zero-order chi connectivity index (χ0) is 20.9. The molecule has 154 valence electrons. The number of rotatable bonds is 5. The van der Waals surface area contributed by atoms with Crippen LogP contribution in [0.25, 0.3) is 6.08 Å². The van der Waals surface area contributed by atoms with Gasteiger partial charge in [0.2, 0.25) is 11.9 Å². The first-order valence-corrected chi connectivity index (χ1v) is 10.1. The molecule has 0 spiro atoms. The standard InChI is InChI=1S/C22H25N7O/c1-15-10-16(2)27-22(26-15)28-20-11-17(7-8-24-20)18-4-3-9-29(13-18)21(30)6-5-19-12-23-14-25-19/h5-8,10-12,14,18H,3-4,9,13H2,1-2H3,(H,23,25)(H,24,26,27,28)/b6-5+/t18-/m1/s1. The number of aryl methyl sites for hydroxylation is 2. The highest BCUT2D eigenvalue weighted by atomic mass is 16.2. The van der Waals surface area contributed by atoms with Crippen molar-refractivity contribution in [2.45, 2.75) is 32.6 Å². The van der Waals surface area contributed by atoms with Gasteiger partial charge in [-0.2, -0.15) is 0 Å². The van der Waals surface area contributed by atoms with Crippen molar-refractivity contribution < 1.29 is 4.79 Å². The fourth-order valence-corrected chi connectivity index (χ4v) is 3.74. The van der Waals surface area contributed by atoms with Crippen LogP contribution in [-0.2, 0) is 4.79 Å². The van der Waals surface area contributed by atoms with Gasteiger partial charge in [0.15, 0.2) is 0 Å². The molecule has 0 aliphatic carbocycles. The second-order valence-electron chi connectivity index (χ2n) is 7.54. The summed E-state index contributed by atoms with van der Waals surface area (Å²) in [5.74, 6) is 1.54. The lowest BCUT2D eigenvalue weighted by atomic mass is 9.91. The lowest BCUT2D eigenvalue weighted by molar-refractivity contribution is -0.127. The first kappa shape index (κ1) is 19.8. The van der Waals surface area contributed by atoms with Crippen molar-refractivity contribution >= 4 is 23.7 Å². The summed E-state index contributed by atoms with van der Waals surface area (Å²) in [6, 6.07) is 5.98. The van der Waals surface area contributed by atoms with Gasteiger partial charge in [0.05, 0.1) is 18.2 Å². The Balaban J connectivity index is 1.44. The second-order valence-corrected chi connectivity index (χ2v) is 7.54. The van der Waals surface area contributed by atoms with E-state index in [2.05, 4.69) is 30.2 Å². The Kier molecular flexibility index (Phi) is 5.83. The van der Waals surface area contributed by atoms with E-state index in [-0.39, 0.29) is 11.8 Å². The van der Waals surface area contributed by atoms with E-state index in [1.54, 1.807) is 30.9 Å². The number of hydrogen-bond donors (Lipinski definition) is 2. The molecule has 8 nitrogen and oxygen atoms in total. The van der Waals surface area contributed by atoms with Gasteiger partial charge in [-0.1, -0.05) is 0 Å². The third kappa shape index (κ3) is 4.89. The highest BCUT2D eigenvalue weighted by Gasteiger charge is 2.24. The van der Waals surface area contributed by atoms with E-state index >= 15 is 0 Å². The van der Waals surface area contributed by atoms with Gasteiger partial charge in [0, 0.05) is 42.7 Å². The normalized spacial score (nSPS) is 16.7. The molecule has 30 heavy (non-hydrogen) atoms. The van der Waals surface area contributed by atoms with Gasteiger partial charge in [0.25, 0.3) is 0 Å². The van der Waals surface area contributed by atoms with E-state index in [1.165, 1.54) is 0 Å². The minimum Gasteiger partial charge on any atom is -0.345 e. The Morgan fingerprint density at radius 2 is 2.10 bits per heavy atom. The maximum atomic E-state index is 12.6. The number of carbonyl (C=O) groups excluding carboxylic acids is 1. The number of hydrogen-bond acceptors (Lipinski definition) is 6. The lowest BCUT2D eigenvalue weighted by Crippen LogP contribution is -2.38. The summed E-state index contributed by atoms with van der Waals surface area (Å²) in [6.45, 7) is 5.35. The smallest absolute Gasteiger partial charge is 0.246 e. The molecule has 4 heterocycles. The van der Waals surface area contributed by atoms with Crippen LogP contribution in [-0.4, -0.2) is 48.8 Å². The average Bonchev–Trinajstić information content (AvgIpc) is 3.25. The minimum absolute atomic E-state index is 0.0188. The van der Waals surface area contributed by atoms with E-state index in [1.807, 2.05) is 36.9 Å². The van der Waals surface area contributed by atoms with Crippen molar-refractivity contribution in [3.8, 4) is 0 Å². The number of carbonyl (C=O) groups is 1. The zero-order valence-corrected chi connectivity index (χ0v) is 17.2. The largest absolute Gasteiger partial charge is 0.345 e. The number of anilines is 2. The zero-order valence-electron chi connectivity index (χ0n) is 17.2. The van der Waals surface area contributed by atoms with Crippen LogP contribution in [0.1, 0.15) is 41.4 Å². The number of likely N-dealkylation sites (tertiary alicyclic amines) is 1. The number of imidazole rings is 1. The maximum Gasteiger partial charge on any atom is 0.246 e. The van der Waals surface area contributed by atoms with Crippen LogP contribution >= 0.6 is 0 Å². The topological polar surface area (TPSA) is 99.7 Å². The van der Waals surface area contributed by atoms with Crippen LogP contribution in [0.2, 0.25) is 0 Å². The van der Waals surface area contributed by atoms with Gasteiger partial charge >= 0.3 is 0 Å². The van der Waals surface area contributed by atoms with Gasteiger partial charge in [-0.05, 0) is 56.5 Å². The van der Waals surface area contributed by atoms with Crippen molar-refractivity contribution in [3.05, 3.63) is 65.6 Å². The number of nitrogens with zero attached hydrogens (tertiary/aromatic N) is 5. The Hall–Kier alpha value is -3.55. The molecule has 1 atom stereocenters.